The molecule has 0 amide bonds. The molecule has 9 heteroatoms. The van der Waals surface area contributed by atoms with Gasteiger partial charge < -0.3 is 19.6 Å². The van der Waals surface area contributed by atoms with Gasteiger partial charge >= 0.3 is 5.97 Å². The van der Waals surface area contributed by atoms with Crippen LogP contribution in [0, 0.1) is 6.92 Å². The van der Waals surface area contributed by atoms with E-state index in [1.165, 1.54) is 11.3 Å². The van der Waals surface area contributed by atoms with Crippen molar-refractivity contribution in [2.24, 2.45) is 0 Å². The van der Waals surface area contributed by atoms with Crippen LogP contribution in [0.25, 0.3) is 10.2 Å². The van der Waals surface area contributed by atoms with Crippen molar-refractivity contribution in [2.45, 2.75) is 39.8 Å². The maximum atomic E-state index is 12.6. The van der Waals surface area contributed by atoms with Crippen molar-refractivity contribution in [1.29, 1.82) is 0 Å². The molecule has 1 atom stereocenters. The van der Waals surface area contributed by atoms with Gasteiger partial charge in [0, 0.05) is 6.54 Å². The first kappa shape index (κ1) is 23.2. The van der Waals surface area contributed by atoms with Crippen LogP contribution in [0.15, 0.2) is 17.4 Å². The number of nitrogens with one attached hydrogen (secondary N) is 1. The van der Waals surface area contributed by atoms with Crippen LogP contribution < -0.4 is 5.56 Å². The summed E-state index contributed by atoms with van der Waals surface area (Å²) in [6.45, 7) is 11.5. The second kappa shape index (κ2) is 11.2. The van der Waals surface area contributed by atoms with Crippen molar-refractivity contribution >= 4 is 27.5 Å². The highest BCUT2D eigenvalue weighted by Crippen LogP contribution is 2.27. The molecule has 2 heterocycles. The Morgan fingerprint density at radius 3 is 2.86 bits per heavy atom. The molecule has 0 aliphatic heterocycles. The Kier molecular flexibility index (Phi) is 8.97. The number of aliphatic hydroxyl groups is 1. The van der Waals surface area contributed by atoms with Crippen LogP contribution in [0.5, 0.6) is 0 Å². The Balaban J connectivity index is 2.21. The third-order valence-electron chi connectivity index (χ3n) is 4.24. The number of rotatable bonds is 12. The van der Waals surface area contributed by atoms with Crippen LogP contribution >= 0.6 is 11.3 Å². The summed E-state index contributed by atoms with van der Waals surface area (Å²) in [5.41, 5.74) is 0.310. The molecule has 0 saturated carbocycles. The summed E-state index contributed by atoms with van der Waals surface area (Å²) in [5.74, 6) is 0.0519. The zero-order valence-corrected chi connectivity index (χ0v) is 18.0. The minimum absolute atomic E-state index is 0.211. The lowest BCUT2D eigenvalue weighted by molar-refractivity contribution is 0.0241. The van der Waals surface area contributed by atoms with E-state index in [0.717, 1.165) is 13.0 Å². The molecule has 2 rings (SSSR count). The molecular weight excluding hydrogens is 394 g/mol. The van der Waals surface area contributed by atoms with Crippen molar-refractivity contribution < 1.29 is 19.4 Å². The summed E-state index contributed by atoms with van der Waals surface area (Å²) in [5, 5.41) is 10.6. The number of aromatic amines is 1. The van der Waals surface area contributed by atoms with E-state index in [1.54, 1.807) is 19.9 Å². The van der Waals surface area contributed by atoms with Crippen molar-refractivity contribution in [3.63, 3.8) is 0 Å². The Morgan fingerprint density at radius 1 is 1.45 bits per heavy atom. The first-order valence-electron chi connectivity index (χ1n) is 9.69. The molecule has 0 aliphatic rings. The smallest absolute Gasteiger partial charge is 0.348 e. The number of ether oxygens (including phenoxy) is 2. The highest BCUT2D eigenvalue weighted by atomic mass is 32.1. The first-order chi connectivity index (χ1) is 13.9. The molecule has 2 N–H and O–H groups in total. The quantitative estimate of drug-likeness (QED) is 0.306. The van der Waals surface area contributed by atoms with E-state index in [0.29, 0.717) is 46.2 Å². The van der Waals surface area contributed by atoms with Gasteiger partial charge in [0.15, 0.2) is 0 Å². The van der Waals surface area contributed by atoms with Crippen LogP contribution in [-0.4, -0.2) is 65.0 Å². The van der Waals surface area contributed by atoms with Crippen molar-refractivity contribution in [2.75, 3.05) is 32.9 Å². The molecular formula is C20H29N3O5S. The van der Waals surface area contributed by atoms with E-state index < -0.39 is 12.1 Å². The number of thiophene rings is 1. The number of H-pyrrole nitrogens is 1. The minimum Gasteiger partial charge on any atom is -0.462 e. The fraction of sp³-hybridized carbons (Fsp3) is 0.550. The number of hydrogen-bond donors (Lipinski definition) is 2. The molecule has 0 fully saturated rings. The summed E-state index contributed by atoms with van der Waals surface area (Å²) >= 11 is 1.17. The predicted molar refractivity (Wildman–Crippen MR) is 114 cm³/mol. The van der Waals surface area contributed by atoms with Crippen LogP contribution in [0.2, 0.25) is 0 Å². The van der Waals surface area contributed by atoms with Gasteiger partial charge in [-0.3, -0.25) is 9.69 Å². The monoisotopic (exact) mass is 423 g/mol. The fourth-order valence-electron chi connectivity index (χ4n) is 3.06. The minimum atomic E-state index is -0.656. The summed E-state index contributed by atoms with van der Waals surface area (Å²) < 4.78 is 10.4. The number of aromatic nitrogens is 2. The zero-order chi connectivity index (χ0) is 21.4. The van der Waals surface area contributed by atoms with Gasteiger partial charge in [0.25, 0.3) is 5.56 Å². The number of fused-ring (bicyclic) bond motifs is 1. The average Bonchev–Trinajstić information content (AvgIpc) is 2.99. The van der Waals surface area contributed by atoms with Crippen LogP contribution in [0.1, 0.15) is 41.3 Å². The number of hydrogen-bond acceptors (Lipinski definition) is 8. The molecule has 0 aromatic carbocycles. The number of carbonyl (C=O) groups excluding carboxylic acids is 1. The SMILES string of the molecule is C=CCOCC(O)CN(CCC)Cc1nc2sc(C(=O)OCC)c(C)c2c(=O)[nH]1. The van der Waals surface area contributed by atoms with Gasteiger partial charge in [-0.25, -0.2) is 9.78 Å². The number of aryl methyl sites for hydroxylation is 1. The number of aliphatic hydroxyl groups excluding tert-OH is 1. The summed E-state index contributed by atoms with van der Waals surface area (Å²) in [6.07, 6.45) is 1.86. The van der Waals surface area contributed by atoms with E-state index in [1.807, 2.05) is 11.8 Å². The summed E-state index contributed by atoms with van der Waals surface area (Å²) in [4.78, 5) is 35.0. The molecule has 2 aromatic rings. The van der Waals surface area contributed by atoms with Crippen molar-refractivity contribution in [3.05, 3.63) is 39.3 Å². The Morgan fingerprint density at radius 2 is 2.21 bits per heavy atom. The van der Waals surface area contributed by atoms with E-state index in [-0.39, 0.29) is 18.8 Å². The van der Waals surface area contributed by atoms with Gasteiger partial charge in [0.2, 0.25) is 0 Å². The second-order valence-corrected chi connectivity index (χ2v) is 7.68. The number of nitrogens with zero attached hydrogens (tertiary/aromatic N) is 2. The molecule has 0 spiro atoms. The van der Waals surface area contributed by atoms with Crippen LogP contribution in [0.4, 0.5) is 0 Å². The van der Waals surface area contributed by atoms with E-state index in [9.17, 15) is 14.7 Å². The highest BCUT2D eigenvalue weighted by molar-refractivity contribution is 7.20. The lowest BCUT2D eigenvalue weighted by Gasteiger charge is -2.24. The molecule has 0 radical (unpaired) electrons. The van der Waals surface area contributed by atoms with E-state index >= 15 is 0 Å². The third-order valence-corrected chi connectivity index (χ3v) is 5.40. The van der Waals surface area contributed by atoms with Gasteiger partial charge in [-0.2, -0.15) is 0 Å². The van der Waals surface area contributed by atoms with Gasteiger partial charge in [0.05, 0.1) is 37.9 Å². The fourth-order valence-corrected chi connectivity index (χ4v) is 4.15. The first-order valence-corrected chi connectivity index (χ1v) is 10.5. The summed E-state index contributed by atoms with van der Waals surface area (Å²) in [6, 6.07) is 0. The molecule has 8 nitrogen and oxygen atoms in total. The molecule has 1 unspecified atom stereocenters. The molecule has 29 heavy (non-hydrogen) atoms. The lowest BCUT2D eigenvalue weighted by Crippen LogP contribution is -2.36. The number of esters is 1. The van der Waals surface area contributed by atoms with Crippen LogP contribution in [-0.2, 0) is 16.0 Å². The zero-order valence-electron chi connectivity index (χ0n) is 17.2. The topological polar surface area (TPSA) is 105 Å². The normalized spacial score (nSPS) is 12.4. The summed E-state index contributed by atoms with van der Waals surface area (Å²) in [7, 11) is 0. The Labute approximate surface area is 174 Å². The standard InChI is InChI=1S/C20H29N3O5S/c1-5-8-23(10-14(24)12-27-9-6-2)11-15-21-18(25)16-13(4)17(20(26)28-7-3)29-19(16)22-15/h6,14,24H,2,5,7-12H2,1,3-4H3,(H,21,22,25). The molecule has 0 saturated heterocycles. The van der Waals surface area contributed by atoms with Crippen LogP contribution in [0.3, 0.4) is 0 Å². The van der Waals surface area contributed by atoms with Gasteiger partial charge in [-0.1, -0.05) is 13.0 Å². The largest absolute Gasteiger partial charge is 0.462 e. The van der Waals surface area contributed by atoms with Gasteiger partial charge in [0.1, 0.15) is 15.5 Å². The van der Waals surface area contributed by atoms with E-state index in [4.69, 9.17) is 9.47 Å². The Bertz CT molecular complexity index is 892. The second-order valence-electron chi connectivity index (χ2n) is 6.68. The third kappa shape index (κ3) is 6.20. The lowest BCUT2D eigenvalue weighted by atomic mass is 10.2. The molecule has 160 valence electrons. The molecule has 0 aliphatic carbocycles. The highest BCUT2D eigenvalue weighted by Gasteiger charge is 2.21. The maximum Gasteiger partial charge on any atom is 0.348 e. The average molecular weight is 424 g/mol. The van der Waals surface area contributed by atoms with Gasteiger partial charge in [-0.05, 0) is 32.4 Å². The van der Waals surface area contributed by atoms with Crippen molar-refractivity contribution in [3.8, 4) is 0 Å². The number of carbonyl (C=O) groups is 1. The predicted octanol–water partition coefficient (Wildman–Crippen LogP) is 2.25. The van der Waals surface area contributed by atoms with E-state index in [2.05, 4.69) is 16.5 Å². The van der Waals surface area contributed by atoms with Gasteiger partial charge in [-0.15, -0.1) is 17.9 Å². The maximum absolute atomic E-state index is 12.6. The molecule has 2 aromatic heterocycles. The molecule has 0 bridgehead atoms. The Hall–Kier alpha value is -2.07. The van der Waals surface area contributed by atoms with Crippen molar-refractivity contribution in [1.82, 2.24) is 14.9 Å².